The lowest BCUT2D eigenvalue weighted by molar-refractivity contribution is 0.156. The molecule has 2 saturated heterocycles. The highest BCUT2D eigenvalue weighted by molar-refractivity contribution is 5.80. The van der Waals surface area contributed by atoms with Crippen LogP contribution in [0.4, 0.5) is 0 Å². The Labute approximate surface area is 157 Å². The Morgan fingerprint density at radius 1 is 1.35 bits per heavy atom. The van der Waals surface area contributed by atoms with E-state index in [1.807, 2.05) is 12.1 Å². The topological polar surface area (TPSA) is 46.1 Å². The zero-order valence-electron chi connectivity index (χ0n) is 16.5. The van der Waals surface area contributed by atoms with E-state index >= 15 is 0 Å². The first-order valence-electron chi connectivity index (χ1n) is 9.91. The quantitative estimate of drug-likeness (QED) is 0.625. The van der Waals surface area contributed by atoms with E-state index in [9.17, 15) is 0 Å². The molecule has 5 nitrogen and oxygen atoms in total. The molecular formula is C21H33N3O2. The van der Waals surface area contributed by atoms with Crippen LogP contribution in [0.1, 0.15) is 44.6 Å². The molecule has 1 aromatic carbocycles. The maximum Gasteiger partial charge on any atom is 0.193 e. The largest absolute Gasteiger partial charge is 0.497 e. The number of likely N-dealkylation sites (tertiary alicyclic amines) is 1. The van der Waals surface area contributed by atoms with E-state index in [1.54, 1.807) is 7.11 Å². The molecule has 2 heterocycles. The second kappa shape index (κ2) is 8.76. The molecule has 144 valence electrons. The summed E-state index contributed by atoms with van der Waals surface area (Å²) in [4.78, 5) is 7.34. The number of nitrogens with one attached hydrogen (secondary N) is 1. The van der Waals surface area contributed by atoms with Crippen LogP contribution in [-0.4, -0.2) is 57.4 Å². The fraction of sp³-hybridized carbons (Fsp3) is 0.667. The third-order valence-electron chi connectivity index (χ3n) is 5.77. The minimum Gasteiger partial charge on any atom is -0.497 e. The first-order chi connectivity index (χ1) is 12.7. The van der Waals surface area contributed by atoms with Crippen molar-refractivity contribution >= 4 is 5.96 Å². The van der Waals surface area contributed by atoms with Gasteiger partial charge in [0.05, 0.1) is 13.7 Å². The van der Waals surface area contributed by atoms with Crippen molar-refractivity contribution in [2.45, 2.75) is 39.0 Å². The van der Waals surface area contributed by atoms with Crippen LogP contribution in [0.25, 0.3) is 0 Å². The van der Waals surface area contributed by atoms with Crippen LogP contribution in [0.2, 0.25) is 0 Å². The zero-order valence-corrected chi connectivity index (χ0v) is 16.5. The summed E-state index contributed by atoms with van der Waals surface area (Å²) in [5.41, 5.74) is 1.71. The summed E-state index contributed by atoms with van der Waals surface area (Å²) in [5, 5.41) is 3.48. The fourth-order valence-corrected chi connectivity index (χ4v) is 3.98. The number of rotatable bonds is 6. The second-order valence-corrected chi connectivity index (χ2v) is 7.67. The molecule has 0 bridgehead atoms. The molecule has 2 aliphatic rings. The van der Waals surface area contributed by atoms with Gasteiger partial charge in [0, 0.05) is 38.2 Å². The molecule has 1 aromatic rings. The number of guanidine groups is 1. The minimum atomic E-state index is 0.368. The van der Waals surface area contributed by atoms with E-state index in [2.05, 4.69) is 36.2 Å². The van der Waals surface area contributed by atoms with Crippen LogP contribution >= 0.6 is 0 Å². The summed E-state index contributed by atoms with van der Waals surface area (Å²) in [6, 6.07) is 8.38. The Bertz CT molecular complexity index is 594. The molecule has 26 heavy (non-hydrogen) atoms. The van der Waals surface area contributed by atoms with Crippen LogP contribution in [0.5, 0.6) is 5.75 Å². The molecule has 2 aliphatic heterocycles. The highest BCUT2D eigenvalue weighted by Gasteiger charge is 2.42. The van der Waals surface area contributed by atoms with Gasteiger partial charge in [-0.2, -0.15) is 0 Å². The van der Waals surface area contributed by atoms with Gasteiger partial charge in [-0.1, -0.05) is 19.1 Å². The first-order valence-corrected chi connectivity index (χ1v) is 9.91. The highest BCUT2D eigenvalue weighted by Crippen LogP contribution is 2.38. The predicted octanol–water partition coefficient (Wildman–Crippen LogP) is 3.27. The lowest BCUT2D eigenvalue weighted by atomic mass is 9.87. The third-order valence-corrected chi connectivity index (χ3v) is 5.77. The van der Waals surface area contributed by atoms with Gasteiger partial charge in [-0.25, -0.2) is 0 Å². The van der Waals surface area contributed by atoms with Gasteiger partial charge in [0.2, 0.25) is 0 Å². The molecule has 1 spiro atoms. The number of hydrogen-bond acceptors (Lipinski definition) is 3. The van der Waals surface area contributed by atoms with Crippen LogP contribution in [-0.2, 0) is 4.74 Å². The van der Waals surface area contributed by atoms with E-state index < -0.39 is 0 Å². The Morgan fingerprint density at radius 3 is 2.81 bits per heavy atom. The van der Waals surface area contributed by atoms with Crippen LogP contribution in [0.3, 0.4) is 0 Å². The molecule has 2 fully saturated rings. The molecule has 3 rings (SSSR count). The average Bonchev–Trinajstić information content (AvgIpc) is 3.31. The molecular weight excluding hydrogens is 326 g/mol. The van der Waals surface area contributed by atoms with Crippen LogP contribution in [0, 0.1) is 5.41 Å². The van der Waals surface area contributed by atoms with Gasteiger partial charge in [0.1, 0.15) is 5.75 Å². The minimum absolute atomic E-state index is 0.368. The van der Waals surface area contributed by atoms with Crippen LogP contribution in [0.15, 0.2) is 29.3 Å². The molecule has 1 N–H and O–H groups in total. The maximum atomic E-state index is 5.65. The van der Waals surface area contributed by atoms with Gasteiger partial charge in [0.25, 0.3) is 0 Å². The standard InChI is InChI=1S/C21H33N3O2/c1-4-22-20(24-13-10-21(15-24)11-14-26-16-21)23-12-9-17(2)18-5-7-19(25-3)8-6-18/h5-8,17H,4,9-16H2,1-3H3,(H,22,23). The van der Waals surface area contributed by atoms with Gasteiger partial charge in [-0.3, -0.25) is 4.99 Å². The number of hydrogen-bond donors (Lipinski definition) is 1. The SMILES string of the molecule is CCNC(=NCCC(C)c1ccc(OC)cc1)N1CCC2(CCOC2)C1. The normalized spacial score (nSPS) is 24.3. The molecule has 0 radical (unpaired) electrons. The summed E-state index contributed by atoms with van der Waals surface area (Å²) in [6.45, 7) is 10.2. The van der Waals surface area contributed by atoms with Crippen molar-refractivity contribution in [3.8, 4) is 5.75 Å². The third kappa shape index (κ3) is 4.50. The number of nitrogens with zero attached hydrogens (tertiary/aromatic N) is 2. The van der Waals surface area contributed by atoms with E-state index in [0.29, 0.717) is 11.3 Å². The summed E-state index contributed by atoms with van der Waals surface area (Å²) in [5.74, 6) is 2.46. The number of aliphatic imine (C=N–C) groups is 1. The zero-order chi connectivity index (χ0) is 18.4. The smallest absolute Gasteiger partial charge is 0.193 e. The Morgan fingerprint density at radius 2 is 2.15 bits per heavy atom. The molecule has 0 amide bonds. The Balaban J connectivity index is 1.55. The van der Waals surface area contributed by atoms with Crippen molar-refractivity contribution in [2.75, 3.05) is 46.5 Å². The number of benzene rings is 1. The number of methoxy groups -OCH3 is 1. The monoisotopic (exact) mass is 359 g/mol. The number of ether oxygens (including phenoxy) is 2. The van der Waals surface area contributed by atoms with Crippen molar-refractivity contribution in [1.82, 2.24) is 10.2 Å². The molecule has 0 aromatic heterocycles. The summed E-state index contributed by atoms with van der Waals surface area (Å²) >= 11 is 0. The van der Waals surface area contributed by atoms with Gasteiger partial charge in [0.15, 0.2) is 5.96 Å². The maximum absolute atomic E-state index is 5.65. The van der Waals surface area contributed by atoms with Crippen molar-refractivity contribution in [3.63, 3.8) is 0 Å². The Hall–Kier alpha value is -1.75. The van der Waals surface area contributed by atoms with Crippen molar-refractivity contribution in [3.05, 3.63) is 29.8 Å². The molecule has 5 heteroatoms. The molecule has 2 atom stereocenters. The van der Waals surface area contributed by atoms with Crippen molar-refractivity contribution in [1.29, 1.82) is 0 Å². The van der Waals surface area contributed by atoms with Crippen molar-refractivity contribution < 1.29 is 9.47 Å². The van der Waals surface area contributed by atoms with Gasteiger partial charge in [-0.05, 0) is 49.8 Å². The molecule has 2 unspecified atom stereocenters. The summed E-state index contributed by atoms with van der Waals surface area (Å²) < 4.78 is 10.9. The fourth-order valence-electron chi connectivity index (χ4n) is 3.98. The van der Waals surface area contributed by atoms with Gasteiger partial charge < -0.3 is 19.7 Å². The van der Waals surface area contributed by atoms with E-state index in [4.69, 9.17) is 14.5 Å². The van der Waals surface area contributed by atoms with E-state index in [1.165, 1.54) is 18.4 Å². The van der Waals surface area contributed by atoms with Gasteiger partial charge >= 0.3 is 0 Å². The predicted molar refractivity (Wildman–Crippen MR) is 106 cm³/mol. The lowest BCUT2D eigenvalue weighted by Crippen LogP contribution is -2.41. The van der Waals surface area contributed by atoms with E-state index in [0.717, 1.165) is 57.5 Å². The molecule has 0 saturated carbocycles. The summed E-state index contributed by atoms with van der Waals surface area (Å²) in [7, 11) is 1.70. The van der Waals surface area contributed by atoms with Crippen molar-refractivity contribution in [2.24, 2.45) is 10.4 Å². The Kier molecular flexibility index (Phi) is 6.41. The summed E-state index contributed by atoms with van der Waals surface area (Å²) in [6.07, 6.45) is 3.46. The van der Waals surface area contributed by atoms with E-state index in [-0.39, 0.29) is 0 Å². The highest BCUT2D eigenvalue weighted by atomic mass is 16.5. The van der Waals surface area contributed by atoms with Crippen LogP contribution < -0.4 is 10.1 Å². The van der Waals surface area contributed by atoms with Gasteiger partial charge in [-0.15, -0.1) is 0 Å². The second-order valence-electron chi connectivity index (χ2n) is 7.67. The lowest BCUT2D eigenvalue weighted by Gasteiger charge is -2.25. The average molecular weight is 360 g/mol. The molecule has 0 aliphatic carbocycles. The first kappa shape index (κ1) is 19.0.